The van der Waals surface area contributed by atoms with Crippen molar-refractivity contribution in [3.05, 3.63) is 70.2 Å². The van der Waals surface area contributed by atoms with Crippen LogP contribution in [0.15, 0.2) is 54.0 Å². The first-order valence-electron chi connectivity index (χ1n) is 13.2. The Labute approximate surface area is 230 Å². The average molecular weight is 547 g/mol. The minimum Gasteiger partial charge on any atom is -0.348 e. The lowest BCUT2D eigenvalue weighted by Crippen LogP contribution is -2.64. The van der Waals surface area contributed by atoms with Crippen LogP contribution in [0.4, 0.5) is 4.39 Å². The highest BCUT2D eigenvalue weighted by Gasteiger charge is 2.45. The van der Waals surface area contributed by atoms with Gasteiger partial charge in [0.25, 0.3) is 5.91 Å². The largest absolute Gasteiger partial charge is 0.348 e. The highest BCUT2D eigenvalue weighted by atomic mass is 32.1. The molecule has 2 saturated heterocycles. The molecule has 2 N–H and O–H groups in total. The molecule has 3 aromatic heterocycles. The molecule has 0 bridgehead atoms. The summed E-state index contributed by atoms with van der Waals surface area (Å²) in [5, 5.41) is 13.6. The number of carbonyl (C=O) groups excluding carboxylic acids is 2. The molecule has 2 amide bonds. The molecule has 202 valence electrons. The van der Waals surface area contributed by atoms with E-state index in [9.17, 15) is 14.0 Å². The molecule has 39 heavy (non-hydrogen) atoms. The van der Waals surface area contributed by atoms with E-state index in [-0.39, 0.29) is 37.0 Å². The number of alkyl halides is 1. The summed E-state index contributed by atoms with van der Waals surface area (Å²) in [5.41, 5.74) is 2.72. The second kappa shape index (κ2) is 10.2. The van der Waals surface area contributed by atoms with Gasteiger partial charge in [-0.3, -0.25) is 24.6 Å². The summed E-state index contributed by atoms with van der Waals surface area (Å²) in [7, 11) is 0. The summed E-state index contributed by atoms with van der Waals surface area (Å²) in [6.45, 7) is 4.93. The maximum absolute atomic E-state index is 14.1. The minimum atomic E-state index is -1.30. The van der Waals surface area contributed by atoms with Crippen molar-refractivity contribution < 1.29 is 14.0 Å². The van der Waals surface area contributed by atoms with Gasteiger partial charge in [0.05, 0.1) is 24.6 Å². The highest BCUT2D eigenvalue weighted by molar-refractivity contribution is 7.09. The molecule has 0 unspecified atom stereocenters. The number of piperidine rings is 1. The van der Waals surface area contributed by atoms with Gasteiger partial charge in [0, 0.05) is 52.4 Å². The van der Waals surface area contributed by atoms with Crippen LogP contribution in [0, 0.1) is 6.92 Å². The highest BCUT2D eigenvalue weighted by Crippen LogP contribution is 2.30. The Morgan fingerprint density at radius 2 is 2.05 bits per heavy atom. The van der Waals surface area contributed by atoms with Crippen molar-refractivity contribution in [1.82, 2.24) is 30.3 Å². The summed E-state index contributed by atoms with van der Waals surface area (Å²) in [5.74, 6) is -0.174. The molecule has 6 rings (SSSR count). The van der Waals surface area contributed by atoms with Crippen LogP contribution in [-0.2, 0) is 11.3 Å². The third-order valence-corrected chi connectivity index (χ3v) is 8.45. The van der Waals surface area contributed by atoms with Crippen molar-refractivity contribution in [2.75, 3.05) is 19.6 Å². The van der Waals surface area contributed by atoms with Gasteiger partial charge >= 0.3 is 0 Å². The fraction of sp³-hybridized carbons (Fsp3) is 0.379. The maximum Gasteiger partial charge on any atom is 0.251 e. The first-order valence-corrected chi connectivity index (χ1v) is 14.1. The Morgan fingerprint density at radius 1 is 1.21 bits per heavy atom. The van der Waals surface area contributed by atoms with Crippen molar-refractivity contribution in [3.8, 4) is 11.3 Å². The van der Waals surface area contributed by atoms with Crippen LogP contribution in [0.5, 0.6) is 0 Å². The van der Waals surface area contributed by atoms with Gasteiger partial charge in [-0.1, -0.05) is 6.07 Å². The molecule has 5 heterocycles. The topological polar surface area (TPSA) is 94.2 Å². The van der Waals surface area contributed by atoms with E-state index in [4.69, 9.17) is 0 Å². The van der Waals surface area contributed by atoms with E-state index < -0.39 is 5.67 Å². The van der Waals surface area contributed by atoms with Crippen LogP contribution >= 0.6 is 11.3 Å². The van der Waals surface area contributed by atoms with Crippen molar-refractivity contribution in [2.24, 2.45) is 0 Å². The first kappa shape index (κ1) is 25.6. The number of aromatic amines is 1. The number of thiophene rings is 1. The number of fused-ring (bicyclic) bond motifs is 1. The van der Waals surface area contributed by atoms with Gasteiger partial charge in [-0.25, -0.2) is 4.39 Å². The number of halogens is 1. The fourth-order valence-corrected chi connectivity index (χ4v) is 6.40. The number of rotatable bonds is 6. The predicted octanol–water partition coefficient (Wildman–Crippen LogP) is 4.33. The summed E-state index contributed by atoms with van der Waals surface area (Å²) >= 11 is 1.65. The van der Waals surface area contributed by atoms with E-state index in [2.05, 4.69) is 31.5 Å². The molecule has 8 nitrogen and oxygen atoms in total. The van der Waals surface area contributed by atoms with Gasteiger partial charge in [-0.05, 0) is 68.5 Å². The van der Waals surface area contributed by atoms with E-state index in [1.165, 1.54) is 6.92 Å². The monoisotopic (exact) mass is 546 g/mol. The van der Waals surface area contributed by atoms with E-state index >= 15 is 0 Å². The lowest BCUT2D eigenvalue weighted by atomic mass is 9.93. The number of carbonyl (C=O) groups is 2. The number of likely N-dealkylation sites (tertiary alicyclic amines) is 2. The van der Waals surface area contributed by atoms with Crippen LogP contribution < -0.4 is 5.32 Å². The van der Waals surface area contributed by atoms with Crippen molar-refractivity contribution in [3.63, 3.8) is 0 Å². The van der Waals surface area contributed by atoms with Crippen LogP contribution in [0.3, 0.4) is 0 Å². The van der Waals surface area contributed by atoms with Gasteiger partial charge in [-0.15, -0.1) is 11.3 Å². The van der Waals surface area contributed by atoms with E-state index in [1.54, 1.807) is 28.5 Å². The Morgan fingerprint density at radius 3 is 2.79 bits per heavy atom. The molecule has 0 saturated carbocycles. The molecule has 2 atom stereocenters. The summed E-state index contributed by atoms with van der Waals surface area (Å²) in [6.07, 6.45) is 3.04. The maximum atomic E-state index is 14.1. The molecule has 2 aliphatic heterocycles. The smallest absolute Gasteiger partial charge is 0.251 e. The number of nitrogens with zero attached hydrogens (tertiary/aromatic N) is 4. The van der Waals surface area contributed by atoms with Crippen molar-refractivity contribution >= 4 is 34.1 Å². The van der Waals surface area contributed by atoms with Gasteiger partial charge < -0.3 is 10.2 Å². The normalized spacial score (nSPS) is 21.1. The van der Waals surface area contributed by atoms with Crippen LogP contribution in [0.2, 0.25) is 0 Å². The molecule has 10 heteroatoms. The molecule has 2 aliphatic rings. The zero-order chi connectivity index (χ0) is 27.1. The Balaban J connectivity index is 1.18. The van der Waals surface area contributed by atoms with E-state index in [0.717, 1.165) is 32.7 Å². The molecular weight excluding hydrogens is 515 g/mol. The predicted molar refractivity (Wildman–Crippen MR) is 149 cm³/mol. The average Bonchev–Trinajstić information content (AvgIpc) is 3.56. The third kappa shape index (κ3) is 5.31. The molecular formula is C29H31FN6O2S. The number of pyridine rings is 1. The Bertz CT molecular complexity index is 1510. The number of H-pyrrole nitrogens is 1. The number of hydrogen-bond acceptors (Lipinski definition) is 6. The van der Waals surface area contributed by atoms with E-state index in [0.29, 0.717) is 31.5 Å². The van der Waals surface area contributed by atoms with Crippen LogP contribution in [0.1, 0.15) is 40.7 Å². The molecule has 4 aromatic rings. The summed E-state index contributed by atoms with van der Waals surface area (Å²) in [4.78, 5) is 35.8. The van der Waals surface area contributed by atoms with Gasteiger partial charge in [-0.2, -0.15) is 5.10 Å². The van der Waals surface area contributed by atoms with Gasteiger partial charge in [0.2, 0.25) is 5.91 Å². The number of amides is 2. The summed E-state index contributed by atoms with van der Waals surface area (Å²) < 4.78 is 14.1. The first-order chi connectivity index (χ1) is 18.8. The second-order valence-corrected chi connectivity index (χ2v) is 11.9. The van der Waals surface area contributed by atoms with Crippen molar-refractivity contribution in [2.45, 2.75) is 51.0 Å². The number of hydrogen-bond donors (Lipinski definition) is 2. The SMILES string of the molecule is Cc1cc(-c2n[nH]c3ccc(C(=O)N[C@@H]4CC[C@@H](C(=O)N5CC(C)(F)C5)N(Cc5cccs5)C4)cc23)ccn1. The standard InChI is InChI=1S/C29H31FN6O2S/c1-18-12-19(9-10-31-18)26-23-13-20(5-7-24(23)33-34-26)27(37)32-21-6-8-25(28(38)36-16-29(2,30)17-36)35(14-21)15-22-4-3-11-39-22/h3-5,7,9-13,21,25H,6,8,14-17H2,1-2H3,(H,32,37)(H,33,34)/t21-,25+/m1/s1. The van der Waals surface area contributed by atoms with Gasteiger partial charge in [0.1, 0.15) is 11.4 Å². The number of aryl methyl sites for hydroxylation is 1. The minimum absolute atomic E-state index is 0.0178. The number of nitrogens with one attached hydrogen (secondary N) is 2. The molecule has 0 aliphatic carbocycles. The lowest BCUT2D eigenvalue weighted by Gasteiger charge is -2.47. The molecule has 0 spiro atoms. The van der Waals surface area contributed by atoms with E-state index in [1.807, 2.05) is 42.6 Å². The van der Waals surface area contributed by atoms with Crippen molar-refractivity contribution in [1.29, 1.82) is 0 Å². The summed E-state index contributed by atoms with van der Waals surface area (Å²) in [6, 6.07) is 13.1. The number of benzene rings is 1. The van der Waals surface area contributed by atoms with Crippen LogP contribution in [-0.4, -0.2) is 74.2 Å². The quantitative estimate of drug-likeness (QED) is 0.376. The zero-order valence-corrected chi connectivity index (χ0v) is 22.8. The fourth-order valence-electron chi connectivity index (χ4n) is 5.67. The number of aromatic nitrogens is 3. The zero-order valence-electron chi connectivity index (χ0n) is 22.0. The molecule has 1 aromatic carbocycles. The van der Waals surface area contributed by atoms with Crippen LogP contribution in [0.25, 0.3) is 22.2 Å². The Hall–Kier alpha value is -3.63. The van der Waals surface area contributed by atoms with Gasteiger partial charge in [0.15, 0.2) is 0 Å². The molecule has 0 radical (unpaired) electrons. The Kier molecular flexibility index (Phi) is 6.68. The lowest BCUT2D eigenvalue weighted by molar-refractivity contribution is -0.151. The third-order valence-electron chi connectivity index (χ3n) is 7.59. The molecule has 2 fully saturated rings. The second-order valence-electron chi connectivity index (χ2n) is 10.9.